The largest absolute Gasteiger partial charge is 0.358 e. The predicted molar refractivity (Wildman–Crippen MR) is 76.0 cm³/mol. The molecule has 0 atom stereocenters. The van der Waals surface area contributed by atoms with Crippen LogP contribution in [0.2, 0.25) is 0 Å². The Bertz CT molecular complexity index is 570. The molecule has 2 N–H and O–H groups in total. The molecular formula is C15H20FN3. The molecule has 102 valence electrons. The fraction of sp³-hybridized carbons (Fsp3) is 0.467. The second-order valence-electron chi connectivity index (χ2n) is 5.26. The molecule has 0 radical (unpaired) electrons. The van der Waals surface area contributed by atoms with Gasteiger partial charge in [-0.15, -0.1) is 0 Å². The number of fused-ring (bicyclic) bond motifs is 1. The molecule has 1 aliphatic rings. The van der Waals surface area contributed by atoms with Gasteiger partial charge < -0.3 is 15.2 Å². The third-order valence-electron chi connectivity index (χ3n) is 3.97. The number of hydrogen-bond acceptors (Lipinski definition) is 2. The normalized spacial score (nSPS) is 17.2. The summed E-state index contributed by atoms with van der Waals surface area (Å²) in [6.45, 7) is 7.56. The fourth-order valence-corrected chi connectivity index (χ4v) is 2.89. The number of rotatable bonds is 3. The van der Waals surface area contributed by atoms with Crippen LogP contribution in [0.15, 0.2) is 18.2 Å². The van der Waals surface area contributed by atoms with Crippen LogP contribution < -0.4 is 5.32 Å². The third-order valence-corrected chi connectivity index (χ3v) is 3.97. The van der Waals surface area contributed by atoms with E-state index in [1.165, 1.54) is 5.56 Å². The summed E-state index contributed by atoms with van der Waals surface area (Å²) in [5, 5.41) is 4.53. The minimum Gasteiger partial charge on any atom is -0.358 e. The van der Waals surface area contributed by atoms with Gasteiger partial charge in [0.15, 0.2) is 0 Å². The van der Waals surface area contributed by atoms with E-state index < -0.39 is 0 Å². The van der Waals surface area contributed by atoms with E-state index in [0.29, 0.717) is 0 Å². The summed E-state index contributed by atoms with van der Waals surface area (Å²) in [4.78, 5) is 5.77. The number of piperazine rings is 1. The predicted octanol–water partition coefficient (Wildman–Crippen LogP) is 2.06. The van der Waals surface area contributed by atoms with E-state index in [2.05, 4.69) is 22.1 Å². The van der Waals surface area contributed by atoms with Crippen LogP contribution >= 0.6 is 0 Å². The van der Waals surface area contributed by atoms with Gasteiger partial charge in [-0.05, 0) is 37.1 Å². The molecule has 3 rings (SSSR count). The first-order valence-corrected chi connectivity index (χ1v) is 6.94. The molecule has 1 aliphatic heterocycles. The van der Waals surface area contributed by atoms with Crippen LogP contribution in [0.25, 0.3) is 10.9 Å². The number of aromatic amines is 1. The highest BCUT2D eigenvalue weighted by Crippen LogP contribution is 2.23. The Kier molecular flexibility index (Phi) is 3.53. The maximum Gasteiger partial charge on any atom is 0.125 e. The molecule has 0 saturated carbocycles. The van der Waals surface area contributed by atoms with Crippen molar-refractivity contribution in [2.45, 2.75) is 13.3 Å². The lowest BCUT2D eigenvalue weighted by molar-refractivity contribution is 0.244. The second kappa shape index (κ2) is 5.31. The topological polar surface area (TPSA) is 31.1 Å². The molecule has 19 heavy (non-hydrogen) atoms. The summed E-state index contributed by atoms with van der Waals surface area (Å²) in [5.74, 6) is -0.178. The zero-order chi connectivity index (χ0) is 13.2. The van der Waals surface area contributed by atoms with Crippen LogP contribution in [-0.2, 0) is 6.42 Å². The number of hydrogen-bond donors (Lipinski definition) is 2. The molecule has 1 aromatic carbocycles. The van der Waals surface area contributed by atoms with E-state index in [1.807, 2.05) is 6.07 Å². The van der Waals surface area contributed by atoms with Crippen LogP contribution in [0, 0.1) is 12.7 Å². The van der Waals surface area contributed by atoms with E-state index in [9.17, 15) is 4.39 Å². The molecule has 1 saturated heterocycles. The molecule has 0 aliphatic carbocycles. The molecule has 0 unspecified atom stereocenters. The third kappa shape index (κ3) is 2.65. The van der Waals surface area contributed by atoms with Gasteiger partial charge in [-0.1, -0.05) is 0 Å². The van der Waals surface area contributed by atoms with Gasteiger partial charge in [-0.3, -0.25) is 0 Å². The Labute approximate surface area is 112 Å². The molecule has 3 nitrogen and oxygen atoms in total. The summed E-state index contributed by atoms with van der Waals surface area (Å²) in [6.07, 6.45) is 1.03. The summed E-state index contributed by atoms with van der Waals surface area (Å²) in [7, 11) is 0. The second-order valence-corrected chi connectivity index (χ2v) is 5.26. The average molecular weight is 261 g/mol. The van der Waals surface area contributed by atoms with Crippen molar-refractivity contribution in [3.8, 4) is 0 Å². The number of H-pyrrole nitrogens is 1. The molecular weight excluding hydrogens is 241 g/mol. The SMILES string of the molecule is Cc1[nH]c2cc(F)ccc2c1CCN1CCNCC1. The van der Waals surface area contributed by atoms with Gasteiger partial charge in [0.25, 0.3) is 0 Å². The minimum absolute atomic E-state index is 0.178. The summed E-state index contributed by atoms with van der Waals surface area (Å²) >= 11 is 0. The molecule has 2 heterocycles. The lowest BCUT2D eigenvalue weighted by atomic mass is 10.1. The molecule has 0 spiro atoms. The van der Waals surface area contributed by atoms with Crippen LogP contribution in [0.3, 0.4) is 0 Å². The van der Waals surface area contributed by atoms with E-state index in [4.69, 9.17) is 0 Å². The van der Waals surface area contributed by atoms with E-state index >= 15 is 0 Å². The van der Waals surface area contributed by atoms with Crippen molar-refractivity contribution in [1.29, 1.82) is 0 Å². The van der Waals surface area contributed by atoms with Crippen molar-refractivity contribution in [1.82, 2.24) is 15.2 Å². The summed E-state index contributed by atoms with van der Waals surface area (Å²) in [6, 6.07) is 5.02. The Morgan fingerprint density at radius 2 is 2.05 bits per heavy atom. The van der Waals surface area contributed by atoms with Crippen molar-refractivity contribution in [3.05, 3.63) is 35.3 Å². The number of nitrogens with zero attached hydrogens (tertiary/aromatic N) is 1. The number of aryl methyl sites for hydroxylation is 1. The first kappa shape index (κ1) is 12.6. The number of halogens is 1. The number of nitrogens with one attached hydrogen (secondary N) is 2. The van der Waals surface area contributed by atoms with Gasteiger partial charge in [-0.2, -0.15) is 0 Å². The molecule has 0 amide bonds. The standard InChI is InChI=1S/C15H20FN3/c1-11-13(4-7-19-8-5-17-6-9-19)14-3-2-12(16)10-15(14)18-11/h2-3,10,17-18H,4-9H2,1H3. The van der Waals surface area contributed by atoms with E-state index in [0.717, 1.165) is 55.7 Å². The smallest absolute Gasteiger partial charge is 0.125 e. The fourth-order valence-electron chi connectivity index (χ4n) is 2.89. The zero-order valence-electron chi connectivity index (χ0n) is 11.3. The van der Waals surface area contributed by atoms with Crippen molar-refractivity contribution in [2.24, 2.45) is 0 Å². The van der Waals surface area contributed by atoms with Crippen LogP contribution in [0.1, 0.15) is 11.3 Å². The number of benzene rings is 1. The quantitative estimate of drug-likeness (QED) is 0.886. The Morgan fingerprint density at radius 3 is 2.84 bits per heavy atom. The lowest BCUT2D eigenvalue weighted by Gasteiger charge is -2.27. The summed E-state index contributed by atoms with van der Waals surface area (Å²) < 4.78 is 13.2. The average Bonchev–Trinajstić information content (AvgIpc) is 2.72. The van der Waals surface area contributed by atoms with Crippen molar-refractivity contribution in [3.63, 3.8) is 0 Å². The highest BCUT2D eigenvalue weighted by molar-refractivity contribution is 5.84. The van der Waals surface area contributed by atoms with Gasteiger partial charge in [0, 0.05) is 49.3 Å². The Morgan fingerprint density at radius 1 is 1.26 bits per heavy atom. The first-order valence-electron chi connectivity index (χ1n) is 6.94. The van der Waals surface area contributed by atoms with Crippen LogP contribution in [-0.4, -0.2) is 42.6 Å². The van der Waals surface area contributed by atoms with Gasteiger partial charge in [0.2, 0.25) is 0 Å². The molecule has 2 aromatic rings. The highest BCUT2D eigenvalue weighted by Gasteiger charge is 2.13. The van der Waals surface area contributed by atoms with Crippen molar-refractivity contribution >= 4 is 10.9 Å². The molecule has 1 aromatic heterocycles. The Hall–Kier alpha value is -1.39. The van der Waals surface area contributed by atoms with Gasteiger partial charge in [-0.25, -0.2) is 4.39 Å². The lowest BCUT2D eigenvalue weighted by Crippen LogP contribution is -2.44. The van der Waals surface area contributed by atoms with Crippen molar-refractivity contribution in [2.75, 3.05) is 32.7 Å². The molecule has 4 heteroatoms. The number of aromatic nitrogens is 1. The maximum absolute atomic E-state index is 13.2. The van der Waals surface area contributed by atoms with Gasteiger partial charge in [0.05, 0.1) is 0 Å². The van der Waals surface area contributed by atoms with Gasteiger partial charge >= 0.3 is 0 Å². The zero-order valence-corrected chi connectivity index (χ0v) is 11.3. The van der Waals surface area contributed by atoms with E-state index in [1.54, 1.807) is 12.1 Å². The highest BCUT2D eigenvalue weighted by atomic mass is 19.1. The van der Waals surface area contributed by atoms with E-state index in [-0.39, 0.29) is 5.82 Å². The molecule has 1 fully saturated rings. The first-order chi connectivity index (χ1) is 9.24. The van der Waals surface area contributed by atoms with Crippen LogP contribution in [0.4, 0.5) is 4.39 Å². The maximum atomic E-state index is 13.2. The monoisotopic (exact) mass is 261 g/mol. The molecule has 0 bridgehead atoms. The van der Waals surface area contributed by atoms with Crippen molar-refractivity contribution < 1.29 is 4.39 Å². The van der Waals surface area contributed by atoms with Crippen LogP contribution in [0.5, 0.6) is 0 Å². The Balaban J connectivity index is 1.78. The minimum atomic E-state index is -0.178. The summed E-state index contributed by atoms with van der Waals surface area (Å²) in [5.41, 5.74) is 3.40. The van der Waals surface area contributed by atoms with Gasteiger partial charge in [0.1, 0.15) is 5.82 Å².